The highest BCUT2D eigenvalue weighted by Gasteiger charge is 2.36. The SMILES string of the molecule is CCN(CC)C(=O)[C@H]1CCCN(S(=O)(=O)c2cc([N+](=O)[O-])ccc2N/N=C\c2cccs2)C1. The van der Waals surface area contributed by atoms with Crippen molar-refractivity contribution in [2.24, 2.45) is 11.0 Å². The average molecular weight is 494 g/mol. The van der Waals surface area contributed by atoms with Crippen LogP contribution in [0.5, 0.6) is 0 Å². The predicted octanol–water partition coefficient (Wildman–Crippen LogP) is 3.37. The summed E-state index contributed by atoms with van der Waals surface area (Å²) in [5.74, 6) is -0.516. The molecular weight excluding hydrogens is 466 g/mol. The topological polar surface area (TPSA) is 125 Å². The number of rotatable bonds is 9. The van der Waals surface area contributed by atoms with E-state index in [1.165, 1.54) is 27.8 Å². The zero-order valence-corrected chi connectivity index (χ0v) is 20.1. The van der Waals surface area contributed by atoms with Gasteiger partial charge in [0, 0.05) is 43.2 Å². The Morgan fingerprint density at radius 3 is 2.76 bits per heavy atom. The summed E-state index contributed by atoms with van der Waals surface area (Å²) in [6.45, 7) is 5.16. The van der Waals surface area contributed by atoms with Crippen LogP contribution in [0.4, 0.5) is 11.4 Å². The Kier molecular flexibility index (Phi) is 8.16. The van der Waals surface area contributed by atoms with Gasteiger partial charge in [-0.1, -0.05) is 6.07 Å². The van der Waals surface area contributed by atoms with Gasteiger partial charge in [0.15, 0.2) is 0 Å². The molecule has 2 aromatic rings. The molecule has 33 heavy (non-hydrogen) atoms. The van der Waals surface area contributed by atoms with Crippen molar-refractivity contribution in [2.45, 2.75) is 31.6 Å². The number of sulfonamides is 1. The molecule has 0 spiro atoms. The molecule has 12 heteroatoms. The van der Waals surface area contributed by atoms with Gasteiger partial charge in [0.05, 0.1) is 22.7 Å². The minimum absolute atomic E-state index is 0.0399. The number of anilines is 1. The number of thiophene rings is 1. The zero-order chi connectivity index (χ0) is 24.0. The number of nitro groups is 1. The van der Waals surface area contributed by atoms with Gasteiger partial charge in [0.25, 0.3) is 5.69 Å². The molecule has 178 valence electrons. The number of nitro benzene ring substituents is 1. The molecular formula is C21H27N5O5S2. The van der Waals surface area contributed by atoms with Crippen molar-refractivity contribution in [1.29, 1.82) is 0 Å². The molecule has 1 aromatic heterocycles. The number of hydrogen-bond acceptors (Lipinski definition) is 8. The third-order valence-corrected chi connectivity index (χ3v) is 8.23. The van der Waals surface area contributed by atoms with Gasteiger partial charge in [-0.25, -0.2) is 8.42 Å². The first-order valence-corrected chi connectivity index (χ1v) is 13.0. The number of hydrogen-bond donors (Lipinski definition) is 1. The fourth-order valence-corrected chi connectivity index (χ4v) is 6.03. The Morgan fingerprint density at radius 2 is 2.12 bits per heavy atom. The van der Waals surface area contributed by atoms with Crippen LogP contribution in [0.25, 0.3) is 0 Å². The molecule has 1 aliphatic rings. The Hall–Kier alpha value is -2.83. The van der Waals surface area contributed by atoms with Crippen LogP contribution < -0.4 is 5.43 Å². The summed E-state index contributed by atoms with van der Waals surface area (Å²) in [5.41, 5.74) is 2.50. The summed E-state index contributed by atoms with van der Waals surface area (Å²) in [6.07, 6.45) is 2.68. The molecule has 2 heterocycles. The van der Waals surface area contributed by atoms with Gasteiger partial charge in [0.1, 0.15) is 4.90 Å². The third-order valence-electron chi connectivity index (χ3n) is 5.52. The number of piperidine rings is 1. The first-order chi connectivity index (χ1) is 15.8. The van der Waals surface area contributed by atoms with Crippen molar-refractivity contribution >= 4 is 44.9 Å². The molecule has 1 aliphatic heterocycles. The first kappa shape index (κ1) is 24.8. The number of carbonyl (C=O) groups excluding carboxylic acids is 1. The van der Waals surface area contributed by atoms with Crippen LogP contribution in [0.15, 0.2) is 45.7 Å². The van der Waals surface area contributed by atoms with Gasteiger partial charge >= 0.3 is 0 Å². The van der Waals surface area contributed by atoms with Gasteiger partial charge < -0.3 is 4.90 Å². The predicted molar refractivity (Wildman–Crippen MR) is 128 cm³/mol. The molecule has 1 atom stereocenters. The summed E-state index contributed by atoms with van der Waals surface area (Å²) >= 11 is 1.46. The highest BCUT2D eigenvalue weighted by Crippen LogP contribution is 2.32. The van der Waals surface area contributed by atoms with E-state index < -0.39 is 20.9 Å². The first-order valence-electron chi connectivity index (χ1n) is 10.7. The van der Waals surface area contributed by atoms with E-state index in [9.17, 15) is 23.3 Å². The van der Waals surface area contributed by atoms with Crippen LogP contribution in [-0.2, 0) is 14.8 Å². The lowest BCUT2D eigenvalue weighted by molar-refractivity contribution is -0.385. The maximum atomic E-state index is 13.5. The second kappa shape index (κ2) is 10.9. The van der Waals surface area contributed by atoms with Crippen molar-refractivity contribution in [3.8, 4) is 0 Å². The molecule has 0 bridgehead atoms. The van der Waals surface area contributed by atoms with E-state index in [-0.39, 0.29) is 35.3 Å². The van der Waals surface area contributed by atoms with E-state index in [1.807, 2.05) is 31.4 Å². The maximum Gasteiger partial charge on any atom is 0.270 e. The van der Waals surface area contributed by atoms with Gasteiger partial charge in [-0.05, 0) is 44.2 Å². The molecule has 3 rings (SSSR count). The fourth-order valence-electron chi connectivity index (χ4n) is 3.76. The van der Waals surface area contributed by atoms with Gasteiger partial charge in [-0.3, -0.25) is 20.3 Å². The summed E-state index contributed by atoms with van der Waals surface area (Å²) in [5, 5.41) is 17.3. The Morgan fingerprint density at radius 1 is 1.36 bits per heavy atom. The van der Waals surface area contributed by atoms with Crippen LogP contribution in [0, 0.1) is 16.0 Å². The molecule has 1 amide bonds. The fraction of sp³-hybridized carbons (Fsp3) is 0.429. The van der Waals surface area contributed by atoms with Crippen LogP contribution >= 0.6 is 11.3 Å². The van der Waals surface area contributed by atoms with Crippen LogP contribution in [0.1, 0.15) is 31.6 Å². The lowest BCUT2D eigenvalue weighted by Crippen LogP contribution is -2.46. The minimum atomic E-state index is -4.11. The van der Waals surface area contributed by atoms with Crippen LogP contribution in [-0.4, -0.2) is 60.8 Å². The Bertz CT molecular complexity index is 1110. The van der Waals surface area contributed by atoms with Crippen molar-refractivity contribution in [1.82, 2.24) is 9.21 Å². The van der Waals surface area contributed by atoms with Crippen molar-refractivity contribution < 1.29 is 18.1 Å². The number of nitrogens with zero attached hydrogens (tertiary/aromatic N) is 4. The molecule has 1 aromatic carbocycles. The third kappa shape index (κ3) is 5.75. The number of nitrogens with one attached hydrogen (secondary N) is 1. The van der Waals surface area contributed by atoms with E-state index >= 15 is 0 Å². The smallest absolute Gasteiger partial charge is 0.270 e. The highest BCUT2D eigenvalue weighted by atomic mass is 32.2. The van der Waals surface area contributed by atoms with E-state index in [0.717, 1.165) is 10.9 Å². The van der Waals surface area contributed by atoms with Crippen molar-refractivity contribution in [3.05, 3.63) is 50.7 Å². The monoisotopic (exact) mass is 493 g/mol. The summed E-state index contributed by atoms with van der Waals surface area (Å²) < 4.78 is 28.3. The minimum Gasteiger partial charge on any atom is -0.343 e. The number of hydrazone groups is 1. The Balaban J connectivity index is 1.90. The maximum absolute atomic E-state index is 13.5. The standard InChI is InChI=1S/C21H27N5O5S2/c1-3-24(4-2)21(27)16-7-5-11-25(15-16)33(30,31)20-13-17(26(28)29)9-10-19(20)23-22-14-18-8-6-12-32-18/h6,8-10,12-14,16,23H,3-5,7,11,15H2,1-2H3/b22-14-/t16-/m0/s1. The summed E-state index contributed by atoms with van der Waals surface area (Å²) in [7, 11) is -4.11. The van der Waals surface area contributed by atoms with E-state index in [4.69, 9.17) is 0 Å². The lowest BCUT2D eigenvalue weighted by atomic mass is 9.98. The molecule has 0 radical (unpaired) electrons. The van der Waals surface area contributed by atoms with Crippen LogP contribution in [0.2, 0.25) is 0 Å². The summed E-state index contributed by atoms with van der Waals surface area (Å²) in [4.78, 5) is 25.8. The molecule has 10 nitrogen and oxygen atoms in total. The zero-order valence-electron chi connectivity index (χ0n) is 18.5. The number of benzene rings is 1. The Labute approximate surface area is 197 Å². The van der Waals surface area contributed by atoms with Crippen LogP contribution in [0.3, 0.4) is 0 Å². The molecule has 0 aliphatic carbocycles. The molecule has 1 N–H and O–H groups in total. The molecule has 1 saturated heterocycles. The highest BCUT2D eigenvalue weighted by molar-refractivity contribution is 7.89. The summed E-state index contributed by atoms with van der Waals surface area (Å²) in [6, 6.07) is 7.31. The molecule has 0 saturated carbocycles. The second-order valence-corrected chi connectivity index (χ2v) is 10.4. The molecule has 1 fully saturated rings. The van der Waals surface area contributed by atoms with E-state index in [0.29, 0.717) is 25.9 Å². The van der Waals surface area contributed by atoms with Gasteiger partial charge in [0.2, 0.25) is 15.9 Å². The normalized spacial score (nSPS) is 17.2. The number of carbonyl (C=O) groups is 1. The van der Waals surface area contributed by atoms with E-state index in [1.54, 1.807) is 11.1 Å². The van der Waals surface area contributed by atoms with Crippen molar-refractivity contribution in [2.75, 3.05) is 31.6 Å². The van der Waals surface area contributed by atoms with Gasteiger partial charge in [-0.2, -0.15) is 9.41 Å². The lowest BCUT2D eigenvalue weighted by Gasteiger charge is -2.34. The molecule has 0 unspecified atom stereocenters. The van der Waals surface area contributed by atoms with E-state index in [2.05, 4.69) is 10.5 Å². The quantitative estimate of drug-likeness (QED) is 0.324. The number of non-ortho nitro benzene ring substituents is 1. The average Bonchev–Trinajstić information content (AvgIpc) is 3.33. The largest absolute Gasteiger partial charge is 0.343 e. The number of amides is 1. The van der Waals surface area contributed by atoms with Crippen molar-refractivity contribution in [3.63, 3.8) is 0 Å². The van der Waals surface area contributed by atoms with Gasteiger partial charge in [-0.15, -0.1) is 11.3 Å². The second-order valence-electron chi connectivity index (χ2n) is 7.54.